The minimum atomic E-state index is 0. The van der Waals surface area contributed by atoms with E-state index in [1.165, 1.54) is 15.4 Å². The first kappa shape index (κ1) is 24.8. The molecule has 1 aromatic heterocycles. The third-order valence-corrected chi connectivity index (χ3v) is 5.34. The fourth-order valence-corrected chi connectivity index (χ4v) is 3.45. The number of nitrogens with one attached hydrogen (secondary N) is 2. The van der Waals surface area contributed by atoms with Crippen molar-refractivity contribution in [2.75, 3.05) is 26.2 Å². The number of thiazole rings is 1. The predicted molar refractivity (Wildman–Crippen MR) is 130 cm³/mol. The SMILES string of the molecule is CCNC(=NCCCOC(C)c1ccccc1)NCCc1ncc(CC)s1.I. The van der Waals surface area contributed by atoms with E-state index in [9.17, 15) is 0 Å². The van der Waals surface area contributed by atoms with E-state index in [0.29, 0.717) is 6.61 Å². The summed E-state index contributed by atoms with van der Waals surface area (Å²) in [7, 11) is 0. The minimum absolute atomic E-state index is 0. The van der Waals surface area contributed by atoms with Crippen molar-refractivity contribution in [1.82, 2.24) is 15.6 Å². The molecule has 7 heteroatoms. The number of benzene rings is 1. The highest BCUT2D eigenvalue weighted by molar-refractivity contribution is 14.0. The van der Waals surface area contributed by atoms with Gasteiger partial charge in [-0.3, -0.25) is 4.99 Å². The van der Waals surface area contributed by atoms with Crippen LogP contribution >= 0.6 is 35.3 Å². The quantitative estimate of drug-likeness (QED) is 0.199. The molecule has 0 radical (unpaired) electrons. The van der Waals surface area contributed by atoms with E-state index < -0.39 is 0 Å². The van der Waals surface area contributed by atoms with Gasteiger partial charge < -0.3 is 15.4 Å². The van der Waals surface area contributed by atoms with Crippen molar-refractivity contribution < 1.29 is 4.74 Å². The molecule has 0 amide bonds. The number of halogens is 1. The lowest BCUT2D eigenvalue weighted by atomic mass is 10.1. The first-order chi connectivity index (χ1) is 13.2. The van der Waals surface area contributed by atoms with Crippen LogP contribution in [-0.2, 0) is 17.6 Å². The average molecular weight is 516 g/mol. The summed E-state index contributed by atoms with van der Waals surface area (Å²) >= 11 is 1.80. The standard InChI is InChI=1S/C21H32N4OS.HI/c1-4-19-16-25-20(27-19)12-14-24-21(22-5-2)23-13-9-15-26-17(3)18-10-7-6-8-11-18;/h6-8,10-11,16-17H,4-5,9,12-15H2,1-3H3,(H2,22,23,24);1H. The molecule has 1 heterocycles. The van der Waals surface area contributed by atoms with Crippen molar-refractivity contribution in [1.29, 1.82) is 0 Å². The smallest absolute Gasteiger partial charge is 0.191 e. The Kier molecular flexibility index (Phi) is 13.1. The molecule has 0 fully saturated rings. The molecule has 0 bridgehead atoms. The Morgan fingerprint density at radius 3 is 2.68 bits per heavy atom. The van der Waals surface area contributed by atoms with E-state index in [-0.39, 0.29) is 30.1 Å². The van der Waals surface area contributed by atoms with Gasteiger partial charge in [0.25, 0.3) is 0 Å². The van der Waals surface area contributed by atoms with Crippen LogP contribution in [0.1, 0.15) is 48.7 Å². The Hall–Kier alpha value is -1.19. The van der Waals surface area contributed by atoms with Crippen LogP contribution in [0, 0.1) is 0 Å². The van der Waals surface area contributed by atoms with E-state index in [1.807, 2.05) is 24.4 Å². The lowest BCUT2D eigenvalue weighted by Crippen LogP contribution is -2.38. The van der Waals surface area contributed by atoms with Crippen LogP contribution in [-0.4, -0.2) is 37.2 Å². The maximum absolute atomic E-state index is 5.90. The van der Waals surface area contributed by atoms with Gasteiger partial charge in [-0.2, -0.15) is 0 Å². The van der Waals surface area contributed by atoms with Gasteiger partial charge in [-0.1, -0.05) is 37.3 Å². The van der Waals surface area contributed by atoms with Gasteiger partial charge in [0.2, 0.25) is 0 Å². The molecule has 1 unspecified atom stereocenters. The second-order valence-corrected chi connectivity index (χ2v) is 7.49. The zero-order valence-electron chi connectivity index (χ0n) is 17.1. The summed E-state index contributed by atoms with van der Waals surface area (Å²) in [5, 5.41) is 7.86. The summed E-state index contributed by atoms with van der Waals surface area (Å²) in [6, 6.07) is 10.3. The molecular weight excluding hydrogens is 483 g/mol. The Bertz CT molecular complexity index is 678. The van der Waals surface area contributed by atoms with Crippen molar-refractivity contribution in [3.05, 3.63) is 52.0 Å². The third-order valence-electron chi connectivity index (χ3n) is 4.13. The van der Waals surface area contributed by atoms with Gasteiger partial charge in [0.1, 0.15) is 0 Å². The zero-order valence-corrected chi connectivity index (χ0v) is 20.3. The number of guanidine groups is 1. The zero-order chi connectivity index (χ0) is 19.3. The van der Waals surface area contributed by atoms with Crippen LogP contribution < -0.4 is 10.6 Å². The summed E-state index contributed by atoms with van der Waals surface area (Å²) in [5.41, 5.74) is 1.21. The normalized spacial score (nSPS) is 12.3. The monoisotopic (exact) mass is 516 g/mol. The van der Waals surface area contributed by atoms with Crippen LogP contribution in [0.5, 0.6) is 0 Å². The molecule has 2 aromatic rings. The Morgan fingerprint density at radius 2 is 2.00 bits per heavy atom. The molecule has 0 aliphatic heterocycles. The summed E-state index contributed by atoms with van der Waals surface area (Å²) in [6.45, 7) is 9.47. The minimum Gasteiger partial charge on any atom is -0.374 e. The number of nitrogens with zero attached hydrogens (tertiary/aromatic N) is 2. The number of hydrogen-bond donors (Lipinski definition) is 2. The highest BCUT2D eigenvalue weighted by Crippen LogP contribution is 2.16. The average Bonchev–Trinajstić information content (AvgIpc) is 3.16. The Morgan fingerprint density at radius 1 is 1.21 bits per heavy atom. The maximum Gasteiger partial charge on any atom is 0.191 e. The Balaban J connectivity index is 0.00000392. The fraction of sp³-hybridized carbons (Fsp3) is 0.524. The van der Waals surface area contributed by atoms with E-state index >= 15 is 0 Å². The number of rotatable bonds is 11. The second kappa shape index (κ2) is 14.8. The number of aliphatic imine (C=N–C) groups is 1. The number of ether oxygens (including phenoxy) is 1. The maximum atomic E-state index is 5.90. The fourth-order valence-electron chi connectivity index (χ4n) is 2.59. The Labute approximate surface area is 190 Å². The van der Waals surface area contributed by atoms with Crippen LogP contribution in [0.25, 0.3) is 0 Å². The molecule has 0 spiro atoms. The van der Waals surface area contributed by atoms with Crippen molar-refractivity contribution in [3.63, 3.8) is 0 Å². The van der Waals surface area contributed by atoms with Gasteiger partial charge in [0.15, 0.2) is 5.96 Å². The predicted octanol–water partition coefficient (Wildman–Crippen LogP) is 4.59. The number of aryl methyl sites for hydroxylation is 1. The molecule has 0 saturated carbocycles. The molecule has 0 aliphatic rings. The van der Waals surface area contributed by atoms with Gasteiger partial charge >= 0.3 is 0 Å². The van der Waals surface area contributed by atoms with Gasteiger partial charge in [0, 0.05) is 43.7 Å². The van der Waals surface area contributed by atoms with Crippen molar-refractivity contribution in [3.8, 4) is 0 Å². The van der Waals surface area contributed by atoms with Gasteiger partial charge in [-0.25, -0.2) is 4.98 Å². The summed E-state index contributed by atoms with van der Waals surface area (Å²) in [4.78, 5) is 10.4. The van der Waals surface area contributed by atoms with Gasteiger partial charge in [-0.15, -0.1) is 35.3 Å². The van der Waals surface area contributed by atoms with Gasteiger partial charge in [-0.05, 0) is 32.3 Å². The molecule has 0 saturated heterocycles. The highest BCUT2D eigenvalue weighted by atomic mass is 127. The number of hydrogen-bond acceptors (Lipinski definition) is 4. The lowest BCUT2D eigenvalue weighted by molar-refractivity contribution is 0.0652. The van der Waals surface area contributed by atoms with Crippen molar-refractivity contribution in [2.45, 2.75) is 46.1 Å². The molecule has 2 N–H and O–H groups in total. The molecule has 0 aliphatic carbocycles. The van der Waals surface area contributed by atoms with Crippen LogP contribution in [0.4, 0.5) is 0 Å². The molecular formula is C21H33IN4OS. The van der Waals surface area contributed by atoms with E-state index in [2.05, 4.69) is 53.5 Å². The van der Waals surface area contributed by atoms with Crippen LogP contribution in [0.3, 0.4) is 0 Å². The summed E-state index contributed by atoms with van der Waals surface area (Å²) < 4.78 is 5.90. The molecule has 1 aromatic carbocycles. The first-order valence-electron chi connectivity index (χ1n) is 9.85. The molecule has 5 nitrogen and oxygen atoms in total. The van der Waals surface area contributed by atoms with Crippen molar-refractivity contribution in [2.24, 2.45) is 4.99 Å². The summed E-state index contributed by atoms with van der Waals surface area (Å²) in [6.07, 6.45) is 4.98. The third kappa shape index (κ3) is 9.34. The second-order valence-electron chi connectivity index (χ2n) is 6.29. The van der Waals surface area contributed by atoms with Crippen LogP contribution in [0.15, 0.2) is 41.5 Å². The molecule has 156 valence electrons. The molecule has 2 rings (SSSR count). The lowest BCUT2D eigenvalue weighted by Gasteiger charge is -2.13. The van der Waals surface area contributed by atoms with E-state index in [1.54, 1.807) is 11.3 Å². The summed E-state index contributed by atoms with van der Waals surface area (Å²) in [5.74, 6) is 0.862. The van der Waals surface area contributed by atoms with E-state index in [4.69, 9.17) is 4.74 Å². The van der Waals surface area contributed by atoms with E-state index in [0.717, 1.165) is 44.9 Å². The van der Waals surface area contributed by atoms with Gasteiger partial charge in [0.05, 0.1) is 11.1 Å². The largest absolute Gasteiger partial charge is 0.374 e. The molecule has 28 heavy (non-hydrogen) atoms. The topological polar surface area (TPSA) is 58.5 Å². The number of aromatic nitrogens is 1. The van der Waals surface area contributed by atoms with Crippen LogP contribution in [0.2, 0.25) is 0 Å². The van der Waals surface area contributed by atoms with Crippen molar-refractivity contribution >= 4 is 41.3 Å². The first-order valence-corrected chi connectivity index (χ1v) is 10.7. The highest BCUT2D eigenvalue weighted by Gasteiger charge is 2.04. The molecule has 1 atom stereocenters.